The van der Waals surface area contributed by atoms with E-state index in [1.807, 2.05) is 0 Å². The summed E-state index contributed by atoms with van der Waals surface area (Å²) in [5, 5.41) is 337. The average molecular weight is 1550 g/mol. The van der Waals surface area contributed by atoms with Crippen molar-refractivity contribution >= 4 is 23.9 Å². The first-order chi connectivity index (χ1) is 49.1. The number of hydrogen-bond acceptors (Lipinski definition) is 46. The molecule has 0 saturated carbocycles. The lowest BCUT2D eigenvalue weighted by Crippen LogP contribution is -2.71. The van der Waals surface area contributed by atoms with Gasteiger partial charge in [-0.1, -0.05) is 0 Å². The Morgan fingerprint density at radius 2 is 0.762 bits per heavy atom. The van der Waals surface area contributed by atoms with E-state index in [9.17, 15) is 177 Å². The van der Waals surface area contributed by atoms with Crippen LogP contribution in [0.3, 0.4) is 0 Å². The van der Waals surface area contributed by atoms with Crippen LogP contribution in [0.1, 0.15) is 12.8 Å². The van der Waals surface area contributed by atoms with Crippen LogP contribution in [0.25, 0.3) is 0 Å². The molecule has 8 aliphatic heterocycles. The lowest BCUT2D eigenvalue weighted by atomic mass is 9.89. The fourth-order valence-electron chi connectivity index (χ4n) is 12.8. The summed E-state index contributed by atoms with van der Waals surface area (Å²) < 4.78 is 83.9. The summed E-state index contributed by atoms with van der Waals surface area (Å²) in [6, 6.07) is 0. The number of aliphatic carboxylic acids is 4. The Bertz CT molecular complexity index is 2820. The van der Waals surface area contributed by atoms with Crippen molar-refractivity contribution in [3.8, 4) is 0 Å². The molecule has 0 aromatic heterocycles. The monoisotopic (exact) mass is 1550 g/mol. The minimum Gasteiger partial charge on any atom is -0.479 e. The van der Waals surface area contributed by atoms with Gasteiger partial charge in [0.05, 0.1) is 51.8 Å². The molecule has 50 nitrogen and oxygen atoms in total. The minimum absolute atomic E-state index is 1.16. The summed E-state index contributed by atoms with van der Waals surface area (Å²) in [6.07, 6.45) is -104. The Morgan fingerprint density at radius 1 is 0.362 bits per heavy atom. The van der Waals surface area contributed by atoms with E-state index >= 15 is 0 Å². The highest BCUT2D eigenvalue weighted by atomic mass is 16.8. The number of carbonyl (C=O) groups is 4. The van der Waals surface area contributed by atoms with Crippen molar-refractivity contribution in [1.82, 2.24) is 0 Å². The SMILES string of the molecule is O=C(O)[C@H]1O[C@@H](OC[C@H](O)[C@H]2O[C@H](OC[C@H](O)[C@H]3O[C@H](O[C@@H]4[C@H](O)[C@@H](O[C@H]5[C@@H]([C@H](O)CO)O[C@@](O)(C(=O)O)C[C@H]5O[C@]5(C(=O)O)C[C@@H](O)[C@@H](O)[C@@H]([C@H](O)CO)O5)O[C@H]([C@@H](O)CO)[C@H]4O[C@@H]4O[C@H](CO)[C@@H](O)C(O)[C@H]4O)[C@@H](O)[C@@H](O[C@H]4O[C@H](C(=O)O)[C@H](O)[C@H](O)[C@H]4O)[C@@H]3O)[C@@H](O)[C@@H](O)[C@@H]2O)[C@H](O)[C@@H](O)[C@H]1O. The molecule has 50 heteroatoms. The molecule has 105 heavy (non-hydrogen) atoms. The van der Waals surface area contributed by atoms with Crippen LogP contribution in [0.2, 0.25) is 0 Å². The van der Waals surface area contributed by atoms with Crippen molar-refractivity contribution in [2.24, 2.45) is 0 Å². The van der Waals surface area contributed by atoms with Crippen molar-refractivity contribution in [3.63, 3.8) is 0 Å². The van der Waals surface area contributed by atoms with Gasteiger partial charge in [0.15, 0.2) is 49.9 Å². The first-order valence-corrected chi connectivity index (χ1v) is 32.0. The van der Waals surface area contributed by atoms with Crippen molar-refractivity contribution in [1.29, 1.82) is 0 Å². The fraction of sp³-hybridized carbons (Fsp3) is 0.927. The van der Waals surface area contributed by atoms with E-state index in [1.165, 1.54) is 0 Å². The molecule has 0 spiro atoms. The molecule has 0 aliphatic carbocycles. The van der Waals surface area contributed by atoms with Crippen LogP contribution in [0.5, 0.6) is 0 Å². The Hall–Kier alpha value is -3.80. The molecule has 8 saturated heterocycles. The maximum Gasteiger partial charge on any atom is 0.364 e. The Morgan fingerprint density at radius 3 is 1.27 bits per heavy atom. The lowest BCUT2D eigenvalue weighted by molar-refractivity contribution is -0.416. The van der Waals surface area contributed by atoms with E-state index in [2.05, 4.69) is 0 Å². The van der Waals surface area contributed by atoms with Gasteiger partial charge in [0.25, 0.3) is 11.6 Å². The van der Waals surface area contributed by atoms with E-state index in [0.29, 0.717) is 0 Å². The van der Waals surface area contributed by atoms with Crippen molar-refractivity contribution in [3.05, 3.63) is 0 Å². The van der Waals surface area contributed by atoms with Gasteiger partial charge in [-0.15, -0.1) is 0 Å². The second-order valence-corrected chi connectivity index (χ2v) is 25.9. The van der Waals surface area contributed by atoms with Gasteiger partial charge in [-0.05, 0) is 0 Å². The number of aliphatic hydroxyl groups excluding tert-OH is 26. The summed E-state index contributed by atoms with van der Waals surface area (Å²) in [6.45, 7) is -8.15. The number of ether oxygens (including phenoxy) is 15. The van der Waals surface area contributed by atoms with Crippen LogP contribution >= 0.6 is 0 Å². The smallest absolute Gasteiger partial charge is 0.364 e. The van der Waals surface area contributed by atoms with Gasteiger partial charge >= 0.3 is 23.9 Å². The maximum atomic E-state index is 13.3. The largest absolute Gasteiger partial charge is 0.479 e. The Kier molecular flexibility index (Phi) is 29.5. The van der Waals surface area contributed by atoms with E-state index < -0.39 is 339 Å². The summed E-state index contributed by atoms with van der Waals surface area (Å²) in [7, 11) is 0. The van der Waals surface area contributed by atoms with Crippen LogP contribution in [0.15, 0.2) is 0 Å². The molecule has 0 aromatic carbocycles. The molecule has 0 bridgehead atoms. The molecule has 0 amide bonds. The third kappa shape index (κ3) is 18.1. The molecule has 8 heterocycles. The van der Waals surface area contributed by atoms with E-state index in [1.54, 1.807) is 0 Å². The predicted molar refractivity (Wildman–Crippen MR) is 306 cm³/mol. The van der Waals surface area contributed by atoms with Gasteiger partial charge in [-0.2, -0.15) is 0 Å². The van der Waals surface area contributed by atoms with Crippen molar-refractivity contribution < 1.29 is 249 Å². The third-order valence-corrected chi connectivity index (χ3v) is 18.7. The Labute approximate surface area is 586 Å². The second-order valence-electron chi connectivity index (χ2n) is 25.9. The number of rotatable bonds is 29. The molecule has 31 N–H and O–H groups in total. The van der Waals surface area contributed by atoms with Crippen LogP contribution in [-0.4, -0.2) is 485 Å². The highest BCUT2D eigenvalue weighted by molar-refractivity contribution is 5.77. The molecule has 8 aliphatic rings. The van der Waals surface area contributed by atoms with Gasteiger partial charge in [-0.25, -0.2) is 19.2 Å². The van der Waals surface area contributed by atoms with Gasteiger partial charge in [0.1, 0.15) is 189 Å². The average Bonchev–Trinajstić information content (AvgIpc) is 0.746. The lowest BCUT2D eigenvalue weighted by Gasteiger charge is -2.53. The second kappa shape index (κ2) is 35.7. The number of carboxylic acids is 4. The number of carboxylic acid groups (broad SMARTS) is 4. The fourth-order valence-corrected chi connectivity index (χ4v) is 12.8. The van der Waals surface area contributed by atoms with Gasteiger partial charge in [-0.3, -0.25) is 0 Å². The zero-order chi connectivity index (χ0) is 78.2. The van der Waals surface area contributed by atoms with E-state index in [0.717, 1.165) is 0 Å². The molecular formula is C55H88O50. The van der Waals surface area contributed by atoms with Crippen LogP contribution in [-0.2, 0) is 90.2 Å². The van der Waals surface area contributed by atoms with Crippen molar-refractivity contribution in [2.45, 2.75) is 276 Å². The Balaban J connectivity index is 1.18. The zero-order valence-electron chi connectivity index (χ0n) is 53.9. The number of hydrogen-bond donors (Lipinski definition) is 31. The quantitative estimate of drug-likeness (QED) is 0.0331. The predicted octanol–water partition coefficient (Wildman–Crippen LogP) is -20.5. The molecule has 8 rings (SSSR count). The minimum atomic E-state index is -3.69. The summed E-state index contributed by atoms with van der Waals surface area (Å²) in [5.41, 5.74) is 0. The normalized spacial score (nSPS) is 48.6. The van der Waals surface area contributed by atoms with Crippen LogP contribution in [0, 0.1) is 0 Å². The molecule has 0 aromatic rings. The first kappa shape index (κ1) is 86.8. The topological polar surface area (TPSA) is 834 Å². The third-order valence-electron chi connectivity index (χ3n) is 18.7. The van der Waals surface area contributed by atoms with Crippen LogP contribution < -0.4 is 0 Å². The highest BCUT2D eigenvalue weighted by Crippen LogP contribution is 2.44. The summed E-state index contributed by atoms with van der Waals surface area (Å²) in [5.74, 6) is -15.7. The molecule has 608 valence electrons. The molecule has 8 fully saturated rings. The van der Waals surface area contributed by atoms with Gasteiger partial charge in [0, 0.05) is 12.8 Å². The zero-order valence-corrected chi connectivity index (χ0v) is 53.9. The van der Waals surface area contributed by atoms with Gasteiger partial charge < -0.3 is 229 Å². The molecular weight excluding hydrogens is 1460 g/mol. The molecule has 0 radical (unpaired) electrons. The standard InChI is InChI=1S/C55H88O50/c56-3-10(61)35-17(66)9(60)1-55(105-35,53(88)89)103-15-2-54(90,52(86)87)104-37(12(63)5-58)38(15)97-51-32(81)40(43(36(96-51)11(62)4-57)102-48-28(77)19(68)18(67)16(6-59)93-48)99-50-31(80)39(98-49-29(78)22(71)25(74)42(101-49)45(84)85)30(79)34(95-50)14(65)8-91-46-26(75)20(69)23(72)33(94-46)13(64)7-92-47-27(76)21(70)24(73)41(100-47)44(82)83/h9-43,46-51,56-81,90H,1-8H2,(H,82,83)(H,84,85)(H,86,87)(H,88,89)/t9-,10-,11+,12-,13+,14+,15-,16-,17-,18-,19?,20+,21+,22+,23+,24-,25-,26+,27-,28-,29-,30-,31+,32+,33-,34-,35-,36-,37-,38-,39+,40-,41+,42+,43-,46+,47-,48+,49+,50-,51-,54-,55-/m1/s1. The summed E-state index contributed by atoms with van der Waals surface area (Å²) in [4.78, 5) is 50.0. The first-order valence-electron chi connectivity index (χ1n) is 32.0. The van der Waals surface area contributed by atoms with Crippen LogP contribution in [0.4, 0.5) is 0 Å². The van der Waals surface area contributed by atoms with Gasteiger partial charge in [0.2, 0.25) is 0 Å². The van der Waals surface area contributed by atoms with E-state index in [-0.39, 0.29) is 0 Å². The molecule has 1 unspecified atom stereocenters. The maximum absolute atomic E-state index is 13.3. The van der Waals surface area contributed by atoms with Crippen molar-refractivity contribution in [2.75, 3.05) is 39.6 Å². The number of aliphatic hydroxyl groups is 27. The van der Waals surface area contributed by atoms with E-state index in [4.69, 9.17) is 71.1 Å². The highest BCUT2D eigenvalue weighted by Gasteiger charge is 2.64. The summed E-state index contributed by atoms with van der Waals surface area (Å²) >= 11 is 0. The molecule has 43 atom stereocenters.